The molecule has 92 valence electrons. The Bertz CT molecular complexity index is 591. The second-order valence-electron chi connectivity index (χ2n) is 4.16. The number of ether oxygens (including phenoxy) is 1. The van der Waals surface area contributed by atoms with E-state index in [1.54, 1.807) is 13.8 Å². The van der Waals surface area contributed by atoms with Crippen molar-refractivity contribution in [3.05, 3.63) is 42.5 Å². The van der Waals surface area contributed by atoms with Crippen molar-refractivity contribution >= 4 is 22.6 Å². The van der Waals surface area contributed by atoms with E-state index in [1.807, 2.05) is 42.5 Å². The van der Waals surface area contributed by atoms with Gasteiger partial charge in [0.1, 0.15) is 0 Å². The van der Waals surface area contributed by atoms with Gasteiger partial charge in [0.25, 0.3) is 0 Å². The lowest BCUT2D eigenvalue weighted by Gasteiger charge is -2.02. The van der Waals surface area contributed by atoms with Gasteiger partial charge < -0.3 is 4.74 Å². The van der Waals surface area contributed by atoms with Gasteiger partial charge in [-0.2, -0.15) is 0 Å². The standard InChI is InChI=1S/C14H14N2O2/c1-10(2)18-14(17)16-15-13-8-7-11-5-3-4-6-12(11)9-13/h3-10H,1-2H3. The van der Waals surface area contributed by atoms with E-state index in [1.165, 1.54) is 0 Å². The van der Waals surface area contributed by atoms with Crippen molar-refractivity contribution in [2.45, 2.75) is 20.0 Å². The molecule has 4 heteroatoms. The molecule has 0 aliphatic heterocycles. The van der Waals surface area contributed by atoms with E-state index < -0.39 is 6.09 Å². The highest BCUT2D eigenvalue weighted by molar-refractivity contribution is 5.85. The summed E-state index contributed by atoms with van der Waals surface area (Å²) in [5.41, 5.74) is 0.634. The van der Waals surface area contributed by atoms with E-state index >= 15 is 0 Å². The maximum Gasteiger partial charge on any atom is 0.452 e. The number of fused-ring (bicyclic) bond motifs is 1. The van der Waals surface area contributed by atoms with Crippen molar-refractivity contribution in [3.8, 4) is 0 Å². The summed E-state index contributed by atoms with van der Waals surface area (Å²) in [6, 6.07) is 13.6. The second kappa shape index (κ2) is 5.40. The minimum Gasteiger partial charge on any atom is -0.444 e. The lowest BCUT2D eigenvalue weighted by Crippen LogP contribution is -2.06. The lowest BCUT2D eigenvalue weighted by atomic mass is 10.1. The number of rotatable bonds is 2. The molecule has 4 nitrogen and oxygen atoms in total. The molecule has 1 amide bonds. The molecule has 0 unspecified atom stereocenters. The molecule has 18 heavy (non-hydrogen) atoms. The van der Waals surface area contributed by atoms with Crippen molar-refractivity contribution in [2.24, 2.45) is 10.2 Å². The predicted molar refractivity (Wildman–Crippen MR) is 70.1 cm³/mol. The first-order chi connectivity index (χ1) is 8.65. The molecule has 0 N–H and O–H groups in total. The molecular weight excluding hydrogens is 228 g/mol. The van der Waals surface area contributed by atoms with E-state index in [0.29, 0.717) is 5.69 Å². The first kappa shape index (κ1) is 12.2. The fourth-order valence-electron chi connectivity index (χ4n) is 1.56. The third-order valence-corrected chi connectivity index (χ3v) is 2.32. The van der Waals surface area contributed by atoms with Crippen molar-refractivity contribution in [3.63, 3.8) is 0 Å². The number of carbonyl (C=O) groups is 1. The summed E-state index contributed by atoms with van der Waals surface area (Å²) < 4.78 is 4.86. The number of azo groups is 1. The quantitative estimate of drug-likeness (QED) is 0.729. The molecule has 0 atom stereocenters. The van der Waals surface area contributed by atoms with Crippen LogP contribution in [0.3, 0.4) is 0 Å². The Morgan fingerprint density at radius 3 is 2.56 bits per heavy atom. The molecule has 0 aliphatic carbocycles. The van der Waals surface area contributed by atoms with Crippen molar-refractivity contribution in [2.75, 3.05) is 0 Å². The van der Waals surface area contributed by atoms with E-state index in [0.717, 1.165) is 10.8 Å². The molecule has 0 bridgehead atoms. The fraction of sp³-hybridized carbons (Fsp3) is 0.214. The summed E-state index contributed by atoms with van der Waals surface area (Å²) in [4.78, 5) is 11.2. The van der Waals surface area contributed by atoms with Crippen LogP contribution >= 0.6 is 0 Å². The fourth-order valence-corrected chi connectivity index (χ4v) is 1.56. The third kappa shape index (κ3) is 3.13. The van der Waals surface area contributed by atoms with Gasteiger partial charge in [0, 0.05) is 0 Å². The molecule has 0 aliphatic rings. The van der Waals surface area contributed by atoms with Gasteiger partial charge in [-0.25, -0.2) is 4.79 Å². The van der Waals surface area contributed by atoms with Gasteiger partial charge in [-0.3, -0.25) is 0 Å². The average molecular weight is 242 g/mol. The van der Waals surface area contributed by atoms with Gasteiger partial charge in [0.15, 0.2) is 0 Å². The maximum absolute atomic E-state index is 11.2. The predicted octanol–water partition coefficient (Wildman–Crippen LogP) is 4.47. The Morgan fingerprint density at radius 2 is 1.83 bits per heavy atom. The zero-order valence-corrected chi connectivity index (χ0v) is 10.3. The molecule has 0 saturated heterocycles. The summed E-state index contributed by atoms with van der Waals surface area (Å²) in [5.74, 6) is 0. The second-order valence-corrected chi connectivity index (χ2v) is 4.16. The molecular formula is C14H14N2O2. The third-order valence-electron chi connectivity index (χ3n) is 2.32. The molecule has 0 spiro atoms. The van der Waals surface area contributed by atoms with E-state index in [2.05, 4.69) is 10.2 Å². The van der Waals surface area contributed by atoms with Gasteiger partial charge in [-0.15, -0.1) is 5.11 Å². The summed E-state index contributed by atoms with van der Waals surface area (Å²) in [7, 11) is 0. The summed E-state index contributed by atoms with van der Waals surface area (Å²) in [5, 5.41) is 9.55. The van der Waals surface area contributed by atoms with Gasteiger partial charge >= 0.3 is 6.09 Å². The number of benzene rings is 2. The largest absolute Gasteiger partial charge is 0.452 e. The molecule has 2 aromatic carbocycles. The minimum absolute atomic E-state index is 0.187. The SMILES string of the molecule is CC(C)OC(=O)N=Nc1ccc2ccccc2c1. The summed E-state index contributed by atoms with van der Waals surface area (Å²) >= 11 is 0. The summed E-state index contributed by atoms with van der Waals surface area (Å²) in [6.07, 6.45) is -0.855. The van der Waals surface area contributed by atoms with Gasteiger partial charge in [0.2, 0.25) is 0 Å². The smallest absolute Gasteiger partial charge is 0.444 e. The minimum atomic E-state index is -0.668. The zero-order valence-electron chi connectivity index (χ0n) is 10.3. The Balaban J connectivity index is 2.17. The van der Waals surface area contributed by atoms with Crippen LogP contribution in [0.15, 0.2) is 52.7 Å². The average Bonchev–Trinajstić information content (AvgIpc) is 2.35. The van der Waals surface area contributed by atoms with Gasteiger partial charge in [0.05, 0.1) is 11.8 Å². The monoisotopic (exact) mass is 242 g/mol. The number of carbonyl (C=O) groups excluding carboxylic acids is 1. The number of hydrogen-bond donors (Lipinski definition) is 0. The van der Waals surface area contributed by atoms with E-state index in [4.69, 9.17) is 4.74 Å². The van der Waals surface area contributed by atoms with Crippen LogP contribution in [0.1, 0.15) is 13.8 Å². The first-order valence-electron chi connectivity index (χ1n) is 5.76. The first-order valence-corrected chi connectivity index (χ1v) is 5.76. The molecule has 0 saturated carbocycles. The van der Waals surface area contributed by atoms with Crippen LogP contribution in [0, 0.1) is 0 Å². The highest BCUT2D eigenvalue weighted by atomic mass is 16.6. The lowest BCUT2D eigenvalue weighted by molar-refractivity contribution is 0.124. The molecule has 0 heterocycles. The molecule has 0 aromatic heterocycles. The highest BCUT2D eigenvalue weighted by Crippen LogP contribution is 2.21. The van der Waals surface area contributed by atoms with Gasteiger partial charge in [-0.1, -0.05) is 35.4 Å². The molecule has 2 aromatic rings. The maximum atomic E-state index is 11.2. The normalized spacial score (nSPS) is 11.3. The van der Waals surface area contributed by atoms with Crippen molar-refractivity contribution < 1.29 is 9.53 Å². The van der Waals surface area contributed by atoms with Crippen LogP contribution in [0.4, 0.5) is 10.5 Å². The number of amides is 1. The van der Waals surface area contributed by atoms with E-state index in [9.17, 15) is 4.79 Å². The molecule has 0 fully saturated rings. The Morgan fingerprint density at radius 1 is 1.11 bits per heavy atom. The molecule has 0 radical (unpaired) electrons. The van der Waals surface area contributed by atoms with E-state index in [-0.39, 0.29) is 6.10 Å². The van der Waals surface area contributed by atoms with Crippen LogP contribution in [0.2, 0.25) is 0 Å². The van der Waals surface area contributed by atoms with Crippen LogP contribution in [-0.4, -0.2) is 12.2 Å². The molecule has 2 rings (SSSR count). The van der Waals surface area contributed by atoms with Crippen LogP contribution in [0.5, 0.6) is 0 Å². The van der Waals surface area contributed by atoms with Crippen molar-refractivity contribution in [1.82, 2.24) is 0 Å². The Kier molecular flexibility index (Phi) is 3.67. The van der Waals surface area contributed by atoms with Crippen molar-refractivity contribution in [1.29, 1.82) is 0 Å². The van der Waals surface area contributed by atoms with Crippen LogP contribution in [0.25, 0.3) is 10.8 Å². The Hall–Kier alpha value is -2.23. The highest BCUT2D eigenvalue weighted by Gasteiger charge is 2.02. The zero-order chi connectivity index (χ0) is 13.0. The summed E-state index contributed by atoms with van der Waals surface area (Å²) in [6.45, 7) is 3.53. The number of hydrogen-bond acceptors (Lipinski definition) is 3. The van der Waals surface area contributed by atoms with Crippen LogP contribution in [-0.2, 0) is 4.74 Å². The van der Waals surface area contributed by atoms with Crippen LogP contribution < -0.4 is 0 Å². The Labute approximate surface area is 105 Å². The number of nitrogens with zero attached hydrogens (tertiary/aromatic N) is 2. The topological polar surface area (TPSA) is 51.0 Å². The van der Waals surface area contributed by atoms with Gasteiger partial charge in [-0.05, 0) is 36.8 Å².